The fraction of sp³-hybridized carbons (Fsp3) is 0.421. The van der Waals surface area contributed by atoms with Gasteiger partial charge in [-0.1, -0.05) is 35.6 Å². The van der Waals surface area contributed by atoms with Crippen molar-refractivity contribution in [1.82, 2.24) is 4.98 Å². The number of allylic oxidation sites excluding steroid dienone is 1. The van der Waals surface area contributed by atoms with E-state index in [2.05, 4.69) is 11.1 Å². The molecule has 134 valence electrons. The Morgan fingerprint density at radius 3 is 2.88 bits per heavy atom. The molecule has 5 rings (SSSR count). The molecule has 7 heteroatoms. The first-order valence-electron chi connectivity index (χ1n) is 8.93. The Hall–Kier alpha value is -1.86. The maximum atomic E-state index is 12.0. The summed E-state index contributed by atoms with van der Waals surface area (Å²) in [7, 11) is 0. The van der Waals surface area contributed by atoms with Gasteiger partial charge in [0.1, 0.15) is 0 Å². The molecule has 1 N–H and O–H groups in total. The Labute approximate surface area is 158 Å². The summed E-state index contributed by atoms with van der Waals surface area (Å²) in [5.41, 5.74) is 0.751. The summed E-state index contributed by atoms with van der Waals surface area (Å²) in [6.07, 6.45) is 7.86. The first kappa shape index (κ1) is 16.3. The molecule has 2 aromatic rings. The number of rotatable bonds is 3. The van der Waals surface area contributed by atoms with E-state index < -0.39 is 0 Å². The lowest BCUT2D eigenvalue weighted by Crippen LogP contribution is -2.32. The van der Waals surface area contributed by atoms with Gasteiger partial charge in [0.15, 0.2) is 0 Å². The summed E-state index contributed by atoms with van der Waals surface area (Å²) in [4.78, 5) is 27.0. The van der Waals surface area contributed by atoms with Crippen LogP contribution in [0.3, 0.4) is 0 Å². The molecule has 2 heterocycles. The summed E-state index contributed by atoms with van der Waals surface area (Å²) < 4.78 is 0. The molecule has 2 bridgehead atoms. The minimum absolute atomic E-state index is 0.00101. The van der Waals surface area contributed by atoms with Crippen LogP contribution in [0.1, 0.15) is 35.6 Å². The number of aromatic amines is 1. The quantitative estimate of drug-likeness (QED) is 0.615. The average molecular weight is 386 g/mol. The topological polar surface area (TPSA) is 76.0 Å². The van der Waals surface area contributed by atoms with Crippen LogP contribution in [0.15, 0.2) is 40.2 Å². The summed E-state index contributed by atoms with van der Waals surface area (Å²) in [6.45, 7) is 0. The Bertz CT molecular complexity index is 964. The largest absolute Gasteiger partial charge is 0.307 e. The third-order valence-electron chi connectivity index (χ3n) is 6.13. The second-order valence-corrected chi connectivity index (χ2v) is 9.60. The van der Waals surface area contributed by atoms with Crippen molar-refractivity contribution in [3.05, 3.63) is 60.6 Å². The molecule has 1 aliphatic heterocycles. The van der Waals surface area contributed by atoms with Crippen molar-refractivity contribution < 1.29 is 4.92 Å². The smallest absolute Gasteiger partial charge is 0.305 e. The van der Waals surface area contributed by atoms with Crippen LogP contribution in [0.4, 0.5) is 5.69 Å². The molecule has 26 heavy (non-hydrogen) atoms. The van der Waals surface area contributed by atoms with Gasteiger partial charge in [-0.05, 0) is 43.1 Å². The van der Waals surface area contributed by atoms with Gasteiger partial charge in [0.05, 0.1) is 15.5 Å². The average Bonchev–Trinajstić information content (AvgIpc) is 3.32. The normalized spacial score (nSPS) is 31.9. The number of nitro groups is 1. The van der Waals surface area contributed by atoms with Gasteiger partial charge in [0.25, 0.3) is 5.69 Å². The Kier molecular flexibility index (Phi) is 3.83. The van der Waals surface area contributed by atoms with Crippen LogP contribution in [-0.4, -0.2) is 15.2 Å². The molecule has 2 fully saturated rings. The number of nitrogens with one attached hydrogen (secondary N) is 1. The summed E-state index contributed by atoms with van der Waals surface area (Å²) in [5, 5.41) is 12.9. The number of benzene rings is 1. The maximum Gasteiger partial charge on any atom is 0.305 e. The molecule has 0 saturated heterocycles. The molecule has 0 amide bonds. The van der Waals surface area contributed by atoms with Crippen molar-refractivity contribution in [2.45, 2.75) is 35.5 Å². The van der Waals surface area contributed by atoms with Crippen LogP contribution >= 0.6 is 23.1 Å². The van der Waals surface area contributed by atoms with Crippen molar-refractivity contribution in [2.24, 2.45) is 17.8 Å². The zero-order valence-electron chi connectivity index (χ0n) is 14.0. The van der Waals surface area contributed by atoms with E-state index >= 15 is 0 Å². The number of fused-ring (bicyclic) bond motifs is 6. The highest BCUT2D eigenvalue weighted by Gasteiger charge is 2.53. The molecule has 2 saturated carbocycles. The maximum absolute atomic E-state index is 12.0. The van der Waals surface area contributed by atoms with E-state index in [1.54, 1.807) is 12.1 Å². The fourth-order valence-electron chi connectivity index (χ4n) is 5.12. The van der Waals surface area contributed by atoms with Gasteiger partial charge >= 0.3 is 4.87 Å². The number of thiazole rings is 1. The van der Waals surface area contributed by atoms with E-state index in [9.17, 15) is 14.9 Å². The van der Waals surface area contributed by atoms with E-state index in [1.807, 2.05) is 23.9 Å². The van der Waals surface area contributed by atoms with Gasteiger partial charge in [-0.2, -0.15) is 0 Å². The van der Waals surface area contributed by atoms with Crippen molar-refractivity contribution in [3.63, 3.8) is 0 Å². The lowest BCUT2D eigenvalue weighted by atomic mass is 9.77. The second kappa shape index (κ2) is 6.09. The number of para-hydroxylation sites is 1. The fourth-order valence-corrected chi connectivity index (χ4v) is 7.98. The van der Waals surface area contributed by atoms with Crippen LogP contribution in [-0.2, 0) is 0 Å². The van der Waals surface area contributed by atoms with Gasteiger partial charge in [0.2, 0.25) is 0 Å². The molecule has 5 atom stereocenters. The van der Waals surface area contributed by atoms with E-state index in [0.717, 1.165) is 15.8 Å². The molecular weight excluding hydrogens is 368 g/mol. The molecular formula is C19H18N2O3S2. The molecule has 0 unspecified atom stereocenters. The molecule has 5 nitrogen and oxygen atoms in total. The van der Waals surface area contributed by atoms with Gasteiger partial charge in [-0.3, -0.25) is 14.9 Å². The third kappa shape index (κ3) is 2.48. The number of nitro benzene ring substituents is 1. The number of aromatic nitrogens is 1. The van der Waals surface area contributed by atoms with Crippen LogP contribution in [0.2, 0.25) is 0 Å². The van der Waals surface area contributed by atoms with Gasteiger partial charge in [0, 0.05) is 22.1 Å². The van der Waals surface area contributed by atoms with Gasteiger partial charge < -0.3 is 4.98 Å². The number of nitrogens with zero attached hydrogens (tertiary/aromatic N) is 1. The Morgan fingerprint density at radius 2 is 2.04 bits per heavy atom. The van der Waals surface area contributed by atoms with Gasteiger partial charge in [-0.15, -0.1) is 11.8 Å². The van der Waals surface area contributed by atoms with E-state index in [4.69, 9.17) is 0 Å². The molecule has 0 radical (unpaired) electrons. The highest BCUT2D eigenvalue weighted by molar-refractivity contribution is 8.00. The third-order valence-corrected chi connectivity index (χ3v) is 8.77. The van der Waals surface area contributed by atoms with E-state index in [-0.39, 0.29) is 21.4 Å². The van der Waals surface area contributed by atoms with Crippen molar-refractivity contribution >= 4 is 34.9 Å². The SMILES string of the molecule is O=c1[nH]c2c(s1)[C@@H](/C=C/c1ccccc1[N+](=O)[O-])[C@@H]1[C@H]3CC[C@H](C3)[C@@H]1S2. The number of H-pyrrole nitrogens is 1. The summed E-state index contributed by atoms with van der Waals surface area (Å²) in [5.74, 6) is 2.17. The first-order chi connectivity index (χ1) is 12.6. The molecule has 1 aromatic heterocycles. The number of hydrogen-bond acceptors (Lipinski definition) is 5. The predicted octanol–water partition coefficient (Wildman–Crippen LogP) is 4.66. The number of thioether (sulfide) groups is 1. The monoisotopic (exact) mass is 386 g/mol. The minimum Gasteiger partial charge on any atom is -0.307 e. The standard InChI is InChI=1S/C19H18N2O3S2/c22-19-20-18-17(26-19)13(15-11-5-6-12(9-11)16(15)25-18)8-7-10-3-1-2-4-14(10)21(23)24/h1-4,7-8,11-13,15-16H,5-6,9H2,(H,20,22)/b8-7+/t11-,12+,13-,15-,16-/m0/s1. The second-order valence-electron chi connectivity index (χ2n) is 7.40. The molecule has 0 spiro atoms. The van der Waals surface area contributed by atoms with Crippen molar-refractivity contribution in [1.29, 1.82) is 0 Å². The predicted molar refractivity (Wildman–Crippen MR) is 104 cm³/mol. The summed E-state index contributed by atoms with van der Waals surface area (Å²) >= 11 is 3.16. The molecule has 1 aromatic carbocycles. The highest BCUT2D eigenvalue weighted by Crippen LogP contribution is 2.62. The van der Waals surface area contributed by atoms with Crippen LogP contribution in [0.5, 0.6) is 0 Å². The zero-order valence-corrected chi connectivity index (χ0v) is 15.6. The van der Waals surface area contributed by atoms with Crippen LogP contribution in [0.25, 0.3) is 6.08 Å². The number of hydrogen-bond donors (Lipinski definition) is 1. The lowest BCUT2D eigenvalue weighted by molar-refractivity contribution is -0.385. The van der Waals surface area contributed by atoms with Crippen LogP contribution < -0.4 is 4.87 Å². The zero-order chi connectivity index (χ0) is 17.8. The molecule has 3 aliphatic rings. The van der Waals surface area contributed by atoms with Crippen molar-refractivity contribution in [2.75, 3.05) is 0 Å². The van der Waals surface area contributed by atoms with Gasteiger partial charge in [-0.25, -0.2) is 0 Å². The van der Waals surface area contributed by atoms with Crippen molar-refractivity contribution in [3.8, 4) is 0 Å². The lowest BCUT2D eigenvalue weighted by Gasteiger charge is -2.38. The Balaban J connectivity index is 1.56. The first-order valence-corrected chi connectivity index (χ1v) is 10.6. The van der Waals surface area contributed by atoms with E-state index in [1.165, 1.54) is 36.7 Å². The Morgan fingerprint density at radius 1 is 1.23 bits per heavy atom. The minimum atomic E-state index is -0.336. The van der Waals surface area contributed by atoms with E-state index in [0.29, 0.717) is 22.6 Å². The highest BCUT2D eigenvalue weighted by atomic mass is 32.2. The van der Waals surface area contributed by atoms with Crippen LogP contribution in [0, 0.1) is 27.9 Å². The summed E-state index contributed by atoms with van der Waals surface area (Å²) in [6, 6.07) is 6.83. The molecule has 2 aliphatic carbocycles.